The normalized spacial score (nSPS) is 21.4. The van der Waals surface area contributed by atoms with Gasteiger partial charge in [-0.2, -0.15) is 0 Å². The number of carbonyl (C=O) groups excluding carboxylic acids is 2. The molecule has 3 heterocycles. The summed E-state index contributed by atoms with van der Waals surface area (Å²) in [7, 11) is 0. The summed E-state index contributed by atoms with van der Waals surface area (Å²) >= 11 is 6.05. The molecule has 0 aliphatic carbocycles. The van der Waals surface area contributed by atoms with Gasteiger partial charge >= 0.3 is 0 Å². The van der Waals surface area contributed by atoms with Crippen molar-refractivity contribution in [2.45, 2.75) is 69.7 Å². The summed E-state index contributed by atoms with van der Waals surface area (Å²) in [5, 5.41) is 5.35. The second-order valence-corrected chi connectivity index (χ2v) is 10.0. The number of benzene rings is 1. The Labute approximate surface area is 212 Å². The highest BCUT2D eigenvalue weighted by Crippen LogP contribution is 2.39. The molecule has 2 saturated heterocycles. The topological polar surface area (TPSA) is 83.6 Å². The van der Waals surface area contributed by atoms with Gasteiger partial charge in [0.05, 0.1) is 17.1 Å². The lowest BCUT2D eigenvalue weighted by atomic mass is 9.96. The SMILES string of the molecule is CC(C)(Oc1ccc(F)cc1Cl)C(=O)NC1C[C@H]2CC[C@@H](C1)N2c1ccc(C(=O)NCC(F)F)cn1. The van der Waals surface area contributed by atoms with E-state index in [0.717, 1.165) is 18.9 Å². The minimum absolute atomic E-state index is 0.0581. The first-order chi connectivity index (χ1) is 17.0. The third kappa shape index (κ3) is 5.86. The number of carbonyl (C=O) groups is 2. The molecule has 0 spiro atoms. The van der Waals surface area contributed by atoms with E-state index in [0.29, 0.717) is 18.7 Å². The molecule has 2 amide bonds. The highest BCUT2D eigenvalue weighted by molar-refractivity contribution is 6.32. The van der Waals surface area contributed by atoms with Crippen LogP contribution in [-0.2, 0) is 4.79 Å². The number of nitrogens with one attached hydrogen (secondary N) is 2. The minimum atomic E-state index is -2.61. The van der Waals surface area contributed by atoms with Crippen LogP contribution in [0.25, 0.3) is 0 Å². The Morgan fingerprint density at radius 2 is 1.89 bits per heavy atom. The Kier molecular flexibility index (Phi) is 7.63. The zero-order chi connectivity index (χ0) is 26.0. The Morgan fingerprint density at radius 1 is 1.19 bits per heavy atom. The Morgan fingerprint density at radius 3 is 2.47 bits per heavy atom. The van der Waals surface area contributed by atoms with Gasteiger partial charge in [0.1, 0.15) is 17.4 Å². The molecule has 2 aromatic rings. The predicted molar refractivity (Wildman–Crippen MR) is 129 cm³/mol. The van der Waals surface area contributed by atoms with Gasteiger partial charge in [-0.3, -0.25) is 9.59 Å². The van der Waals surface area contributed by atoms with Crippen LogP contribution in [0, 0.1) is 5.82 Å². The van der Waals surface area contributed by atoms with Gasteiger partial charge in [0.15, 0.2) is 5.60 Å². The van der Waals surface area contributed by atoms with Crippen molar-refractivity contribution < 1.29 is 27.5 Å². The van der Waals surface area contributed by atoms with E-state index in [1.165, 1.54) is 18.3 Å². The molecule has 3 atom stereocenters. The van der Waals surface area contributed by atoms with E-state index in [1.807, 2.05) is 0 Å². The average Bonchev–Trinajstić information content (AvgIpc) is 3.09. The molecule has 2 N–H and O–H groups in total. The maximum atomic E-state index is 13.3. The van der Waals surface area contributed by atoms with Crippen LogP contribution in [0.5, 0.6) is 5.75 Å². The van der Waals surface area contributed by atoms with E-state index < -0.39 is 30.3 Å². The number of pyridine rings is 1. The van der Waals surface area contributed by atoms with Crippen molar-refractivity contribution in [2.75, 3.05) is 11.4 Å². The molecular weight excluding hydrogens is 497 g/mol. The fourth-order valence-electron chi connectivity index (χ4n) is 4.85. The van der Waals surface area contributed by atoms with E-state index in [9.17, 15) is 22.8 Å². The van der Waals surface area contributed by atoms with Crippen LogP contribution in [0.1, 0.15) is 49.9 Å². The molecule has 194 valence electrons. The summed E-state index contributed by atoms with van der Waals surface area (Å²) in [6.07, 6.45) is 2.10. The second-order valence-electron chi connectivity index (χ2n) is 9.63. The van der Waals surface area contributed by atoms with E-state index >= 15 is 0 Å². The predicted octanol–water partition coefficient (Wildman–Crippen LogP) is 4.34. The first kappa shape index (κ1) is 26.1. The van der Waals surface area contributed by atoms with Crippen molar-refractivity contribution in [2.24, 2.45) is 0 Å². The lowest BCUT2D eigenvalue weighted by Gasteiger charge is -2.40. The second kappa shape index (κ2) is 10.5. The van der Waals surface area contributed by atoms with Crippen LogP contribution in [0.3, 0.4) is 0 Å². The lowest BCUT2D eigenvalue weighted by Crippen LogP contribution is -2.55. The fourth-order valence-corrected chi connectivity index (χ4v) is 5.06. The number of hydrogen-bond acceptors (Lipinski definition) is 5. The Balaban J connectivity index is 1.36. The highest BCUT2D eigenvalue weighted by Gasteiger charge is 2.43. The quantitative estimate of drug-likeness (QED) is 0.537. The first-order valence-electron chi connectivity index (χ1n) is 11.8. The zero-order valence-corrected chi connectivity index (χ0v) is 20.7. The minimum Gasteiger partial charge on any atom is -0.476 e. The van der Waals surface area contributed by atoms with Crippen LogP contribution in [0.4, 0.5) is 19.0 Å². The van der Waals surface area contributed by atoms with Gasteiger partial charge in [-0.1, -0.05) is 11.6 Å². The van der Waals surface area contributed by atoms with Gasteiger partial charge in [0, 0.05) is 24.3 Å². The summed E-state index contributed by atoms with van der Waals surface area (Å²) in [6, 6.07) is 7.32. The van der Waals surface area contributed by atoms with E-state index in [1.54, 1.807) is 26.0 Å². The van der Waals surface area contributed by atoms with Crippen molar-refractivity contribution >= 4 is 29.2 Å². The van der Waals surface area contributed by atoms with Crippen LogP contribution in [0.2, 0.25) is 5.02 Å². The number of nitrogens with zero attached hydrogens (tertiary/aromatic N) is 2. The molecule has 11 heteroatoms. The summed E-state index contributed by atoms with van der Waals surface area (Å²) in [5.74, 6) is -0.433. The average molecular weight is 525 g/mol. The molecule has 1 unspecified atom stereocenters. The van der Waals surface area contributed by atoms with E-state index in [-0.39, 0.29) is 40.4 Å². The van der Waals surface area contributed by atoms with Gasteiger partial charge in [0.2, 0.25) is 0 Å². The van der Waals surface area contributed by atoms with Crippen molar-refractivity contribution in [1.29, 1.82) is 0 Å². The molecular formula is C25H28ClF3N4O3. The van der Waals surface area contributed by atoms with Crippen molar-refractivity contribution in [3.63, 3.8) is 0 Å². The zero-order valence-electron chi connectivity index (χ0n) is 19.9. The number of hydrogen-bond donors (Lipinski definition) is 2. The molecule has 2 aliphatic heterocycles. The molecule has 1 aromatic heterocycles. The maximum Gasteiger partial charge on any atom is 0.263 e. The molecule has 0 radical (unpaired) electrons. The van der Waals surface area contributed by atoms with Gasteiger partial charge < -0.3 is 20.3 Å². The monoisotopic (exact) mass is 524 g/mol. The number of ether oxygens (including phenoxy) is 1. The maximum absolute atomic E-state index is 13.3. The molecule has 2 fully saturated rings. The first-order valence-corrected chi connectivity index (χ1v) is 12.2. The Bertz CT molecular complexity index is 1100. The number of alkyl halides is 2. The number of anilines is 1. The number of fused-ring (bicyclic) bond motifs is 2. The molecule has 36 heavy (non-hydrogen) atoms. The molecule has 0 saturated carbocycles. The summed E-state index contributed by atoms with van der Waals surface area (Å²) in [6.45, 7) is 2.56. The number of piperidine rings is 1. The van der Waals surface area contributed by atoms with Gasteiger partial charge in [-0.05, 0) is 69.9 Å². The smallest absolute Gasteiger partial charge is 0.263 e. The number of amides is 2. The van der Waals surface area contributed by atoms with Gasteiger partial charge in [-0.25, -0.2) is 18.2 Å². The molecule has 4 rings (SSSR count). The van der Waals surface area contributed by atoms with Crippen molar-refractivity contribution in [1.82, 2.24) is 15.6 Å². The number of aromatic nitrogens is 1. The third-order valence-electron chi connectivity index (χ3n) is 6.57. The van der Waals surface area contributed by atoms with Gasteiger partial charge in [-0.15, -0.1) is 0 Å². The largest absolute Gasteiger partial charge is 0.476 e. The molecule has 1 aromatic carbocycles. The Hall–Kier alpha value is -3.01. The number of rotatable bonds is 8. The van der Waals surface area contributed by atoms with E-state index in [2.05, 4.69) is 20.5 Å². The summed E-state index contributed by atoms with van der Waals surface area (Å²) in [4.78, 5) is 31.6. The molecule has 2 aliphatic rings. The molecule has 2 bridgehead atoms. The van der Waals surface area contributed by atoms with E-state index in [4.69, 9.17) is 16.3 Å². The number of halogens is 4. The van der Waals surface area contributed by atoms with Crippen molar-refractivity contribution in [3.05, 3.63) is 52.9 Å². The summed E-state index contributed by atoms with van der Waals surface area (Å²) < 4.78 is 43.8. The standard InChI is InChI=1S/C25H28ClF3N4O3/c1-25(2,36-20-7-4-15(27)9-19(20)26)24(35)32-16-10-17-5-6-18(11-16)33(17)22-8-3-14(12-30-22)23(34)31-13-21(28)29/h3-4,7-9,12,16-18,21H,5-6,10-11,13H2,1-2H3,(H,31,34)(H,32,35)/t16?,17-,18+. The summed E-state index contributed by atoms with van der Waals surface area (Å²) in [5.41, 5.74) is -1.00. The van der Waals surface area contributed by atoms with Crippen molar-refractivity contribution in [3.8, 4) is 5.75 Å². The van der Waals surface area contributed by atoms with Crippen LogP contribution < -0.4 is 20.3 Å². The van der Waals surface area contributed by atoms with Gasteiger partial charge in [0.25, 0.3) is 18.2 Å². The molecule has 7 nitrogen and oxygen atoms in total. The third-order valence-corrected chi connectivity index (χ3v) is 6.86. The lowest BCUT2D eigenvalue weighted by molar-refractivity contribution is -0.135. The van der Waals surface area contributed by atoms with Crippen LogP contribution in [-0.4, -0.2) is 53.5 Å². The fraction of sp³-hybridized carbons (Fsp3) is 0.480. The van der Waals surface area contributed by atoms with Crippen LogP contribution >= 0.6 is 11.6 Å². The van der Waals surface area contributed by atoms with Crippen LogP contribution in [0.15, 0.2) is 36.5 Å². The highest BCUT2D eigenvalue weighted by atomic mass is 35.5.